The summed E-state index contributed by atoms with van der Waals surface area (Å²) in [6.07, 6.45) is 0. The second-order valence-corrected chi connectivity index (χ2v) is 2.55. The van der Waals surface area contributed by atoms with Gasteiger partial charge in [0.1, 0.15) is 0 Å². The summed E-state index contributed by atoms with van der Waals surface area (Å²) in [4.78, 5) is 10.9. The lowest BCUT2D eigenvalue weighted by molar-refractivity contribution is 0.254. The van der Waals surface area contributed by atoms with E-state index >= 15 is 0 Å². The van der Waals surface area contributed by atoms with Crippen LogP contribution in [0.2, 0.25) is 0 Å². The van der Waals surface area contributed by atoms with E-state index in [2.05, 4.69) is 10.6 Å². The van der Waals surface area contributed by atoms with Crippen molar-refractivity contribution in [3.63, 3.8) is 0 Å². The molecule has 0 aliphatic carbocycles. The third-order valence-electron chi connectivity index (χ3n) is 1.64. The van der Waals surface area contributed by atoms with Crippen LogP contribution in [0.5, 0.6) is 5.75 Å². The van der Waals surface area contributed by atoms with Crippen molar-refractivity contribution >= 4 is 11.7 Å². The quantitative estimate of drug-likeness (QED) is 0.758. The van der Waals surface area contributed by atoms with E-state index in [4.69, 9.17) is 4.74 Å². The molecule has 4 nitrogen and oxygen atoms in total. The predicted octanol–water partition coefficient (Wildman–Crippen LogP) is 1.59. The Bertz CT molecular complexity index is 342. The molecule has 0 radical (unpaired) electrons. The molecule has 0 heterocycles. The molecule has 0 fully saturated rings. The number of nitrogens with one attached hydrogen (secondary N) is 2. The van der Waals surface area contributed by atoms with Gasteiger partial charge in [-0.15, -0.1) is 0 Å². The number of carbonyl (C=O) groups excluding carboxylic acids is 1. The molecule has 0 aromatic heterocycles. The van der Waals surface area contributed by atoms with Crippen LogP contribution < -0.4 is 15.4 Å². The Morgan fingerprint density at radius 1 is 1.50 bits per heavy atom. The molecule has 1 aromatic carbocycles. The number of ether oxygens (including phenoxy) is 1. The van der Waals surface area contributed by atoms with E-state index in [1.54, 1.807) is 0 Å². The highest BCUT2D eigenvalue weighted by atomic mass is 19.1. The molecule has 0 atom stereocenters. The van der Waals surface area contributed by atoms with Crippen molar-refractivity contribution in [2.75, 3.05) is 19.5 Å². The minimum Gasteiger partial charge on any atom is -0.494 e. The zero-order valence-electron chi connectivity index (χ0n) is 7.93. The second kappa shape index (κ2) is 4.45. The summed E-state index contributed by atoms with van der Waals surface area (Å²) in [5, 5.41) is 4.88. The van der Waals surface area contributed by atoms with Crippen LogP contribution in [0, 0.1) is 5.82 Å². The van der Waals surface area contributed by atoms with Crippen LogP contribution in [0.1, 0.15) is 0 Å². The molecular weight excluding hydrogens is 187 g/mol. The normalized spacial score (nSPS) is 9.36. The second-order valence-electron chi connectivity index (χ2n) is 2.55. The van der Waals surface area contributed by atoms with Crippen molar-refractivity contribution in [3.05, 3.63) is 24.0 Å². The van der Waals surface area contributed by atoms with Crippen molar-refractivity contribution in [2.45, 2.75) is 0 Å². The van der Waals surface area contributed by atoms with Gasteiger partial charge in [-0.1, -0.05) is 0 Å². The Kier molecular flexibility index (Phi) is 3.28. The number of hydrogen-bond donors (Lipinski definition) is 2. The molecule has 0 spiro atoms. The van der Waals surface area contributed by atoms with Gasteiger partial charge >= 0.3 is 6.03 Å². The fraction of sp³-hybridized carbons (Fsp3) is 0.222. The van der Waals surface area contributed by atoms with E-state index in [0.717, 1.165) is 0 Å². The number of amides is 2. The van der Waals surface area contributed by atoms with Gasteiger partial charge < -0.3 is 15.4 Å². The minimum atomic E-state index is -0.463. The molecule has 76 valence electrons. The summed E-state index contributed by atoms with van der Waals surface area (Å²) in [6, 6.07) is 3.72. The van der Waals surface area contributed by atoms with Gasteiger partial charge in [0.15, 0.2) is 11.6 Å². The molecule has 0 aliphatic heterocycles. The fourth-order valence-electron chi connectivity index (χ4n) is 0.931. The van der Waals surface area contributed by atoms with Gasteiger partial charge in [-0.25, -0.2) is 9.18 Å². The van der Waals surface area contributed by atoms with E-state index in [0.29, 0.717) is 5.69 Å². The molecule has 14 heavy (non-hydrogen) atoms. The van der Waals surface area contributed by atoms with Gasteiger partial charge in [-0.05, 0) is 12.1 Å². The molecule has 0 unspecified atom stereocenters. The van der Waals surface area contributed by atoms with Crippen molar-refractivity contribution in [2.24, 2.45) is 0 Å². The molecule has 0 aliphatic rings. The van der Waals surface area contributed by atoms with Crippen LogP contribution in [0.15, 0.2) is 18.2 Å². The summed E-state index contributed by atoms with van der Waals surface area (Å²) in [5.41, 5.74) is 0.475. The van der Waals surface area contributed by atoms with Gasteiger partial charge in [-0.3, -0.25) is 0 Å². The number of methoxy groups -OCH3 is 1. The topological polar surface area (TPSA) is 50.4 Å². The largest absolute Gasteiger partial charge is 0.494 e. The smallest absolute Gasteiger partial charge is 0.318 e. The van der Waals surface area contributed by atoms with Crippen LogP contribution in [0.25, 0.3) is 0 Å². The summed E-state index contributed by atoms with van der Waals surface area (Å²) < 4.78 is 17.7. The maximum Gasteiger partial charge on any atom is 0.318 e. The Hall–Kier alpha value is -1.78. The van der Waals surface area contributed by atoms with Crippen molar-refractivity contribution in [1.29, 1.82) is 0 Å². The number of carbonyl (C=O) groups is 1. The van der Waals surface area contributed by atoms with Gasteiger partial charge in [0.05, 0.1) is 7.11 Å². The molecule has 0 saturated heterocycles. The van der Waals surface area contributed by atoms with Crippen LogP contribution in [-0.2, 0) is 0 Å². The number of urea groups is 1. The maximum atomic E-state index is 12.9. The SMILES string of the molecule is CNC(=O)Nc1ccc(F)c(OC)c1. The molecule has 0 bridgehead atoms. The number of rotatable bonds is 2. The average molecular weight is 198 g/mol. The molecule has 2 amide bonds. The monoisotopic (exact) mass is 198 g/mol. The Morgan fingerprint density at radius 3 is 2.79 bits per heavy atom. The lowest BCUT2D eigenvalue weighted by Crippen LogP contribution is -2.24. The summed E-state index contributed by atoms with van der Waals surface area (Å²) in [6.45, 7) is 0. The maximum absolute atomic E-state index is 12.9. The lowest BCUT2D eigenvalue weighted by Gasteiger charge is -2.06. The van der Waals surface area contributed by atoms with E-state index in [1.807, 2.05) is 0 Å². The van der Waals surface area contributed by atoms with E-state index in [1.165, 1.54) is 32.4 Å². The number of hydrogen-bond acceptors (Lipinski definition) is 2. The van der Waals surface area contributed by atoms with E-state index < -0.39 is 5.82 Å². The first-order valence-corrected chi connectivity index (χ1v) is 3.99. The zero-order chi connectivity index (χ0) is 10.6. The molecular formula is C9H11FN2O2. The Labute approximate surface area is 81.1 Å². The van der Waals surface area contributed by atoms with Crippen molar-refractivity contribution in [3.8, 4) is 5.75 Å². The Morgan fingerprint density at radius 2 is 2.21 bits per heavy atom. The fourth-order valence-corrected chi connectivity index (χ4v) is 0.931. The first kappa shape index (κ1) is 10.3. The van der Waals surface area contributed by atoms with Crippen LogP contribution in [-0.4, -0.2) is 20.2 Å². The average Bonchev–Trinajstić information content (AvgIpc) is 2.20. The number of anilines is 1. The van der Waals surface area contributed by atoms with Crippen LogP contribution in [0.3, 0.4) is 0 Å². The summed E-state index contributed by atoms with van der Waals surface area (Å²) in [7, 11) is 2.86. The van der Waals surface area contributed by atoms with Gasteiger partial charge in [0.25, 0.3) is 0 Å². The van der Waals surface area contributed by atoms with Crippen LogP contribution in [0.4, 0.5) is 14.9 Å². The number of benzene rings is 1. The van der Waals surface area contributed by atoms with Gasteiger partial charge in [0.2, 0.25) is 0 Å². The standard InChI is InChI=1S/C9H11FN2O2/c1-11-9(13)12-6-3-4-7(10)8(5-6)14-2/h3-5H,1-2H3,(H2,11,12,13). The Balaban J connectivity index is 2.84. The molecule has 1 aromatic rings. The van der Waals surface area contributed by atoms with Crippen LogP contribution >= 0.6 is 0 Å². The van der Waals surface area contributed by atoms with E-state index in [-0.39, 0.29) is 11.8 Å². The molecule has 0 saturated carbocycles. The molecule has 1 rings (SSSR count). The third-order valence-corrected chi connectivity index (χ3v) is 1.64. The molecule has 2 N–H and O–H groups in total. The highest BCUT2D eigenvalue weighted by Gasteiger charge is 2.04. The minimum absolute atomic E-state index is 0.0962. The number of halogens is 1. The zero-order valence-corrected chi connectivity index (χ0v) is 7.93. The van der Waals surface area contributed by atoms with Crippen molar-refractivity contribution in [1.82, 2.24) is 5.32 Å². The van der Waals surface area contributed by atoms with E-state index in [9.17, 15) is 9.18 Å². The first-order valence-electron chi connectivity index (χ1n) is 3.99. The van der Waals surface area contributed by atoms with Crippen molar-refractivity contribution < 1.29 is 13.9 Å². The lowest BCUT2D eigenvalue weighted by atomic mass is 10.3. The molecule has 5 heteroatoms. The highest BCUT2D eigenvalue weighted by Crippen LogP contribution is 2.21. The summed E-state index contributed by atoms with van der Waals surface area (Å²) in [5.74, 6) is -0.367. The highest BCUT2D eigenvalue weighted by molar-refractivity contribution is 5.89. The van der Waals surface area contributed by atoms with Gasteiger partial charge in [0, 0.05) is 18.8 Å². The first-order chi connectivity index (χ1) is 6.67. The van der Waals surface area contributed by atoms with Gasteiger partial charge in [-0.2, -0.15) is 0 Å². The third kappa shape index (κ3) is 2.35. The predicted molar refractivity (Wildman–Crippen MR) is 51.0 cm³/mol. The summed E-state index contributed by atoms with van der Waals surface area (Å²) >= 11 is 0.